The summed E-state index contributed by atoms with van der Waals surface area (Å²) in [6, 6.07) is 20.5. The van der Waals surface area contributed by atoms with Crippen molar-refractivity contribution in [3.63, 3.8) is 0 Å². The number of ether oxygens (including phenoxy) is 1. The third-order valence-electron chi connectivity index (χ3n) is 6.94. The van der Waals surface area contributed by atoms with Gasteiger partial charge in [0.05, 0.1) is 11.1 Å². The van der Waals surface area contributed by atoms with Crippen LogP contribution in [0.25, 0.3) is 0 Å². The van der Waals surface area contributed by atoms with Crippen LogP contribution in [-0.4, -0.2) is 34.2 Å². The molecule has 0 radical (unpaired) electrons. The van der Waals surface area contributed by atoms with Gasteiger partial charge in [0.1, 0.15) is 12.7 Å². The van der Waals surface area contributed by atoms with Gasteiger partial charge in [-0.15, -0.1) is 0 Å². The molecule has 1 N–H and O–H groups in total. The Hall–Kier alpha value is -2.33. The summed E-state index contributed by atoms with van der Waals surface area (Å²) >= 11 is 0. The first-order valence-electron chi connectivity index (χ1n) is 10.8. The van der Waals surface area contributed by atoms with Gasteiger partial charge in [0.15, 0.2) is 5.54 Å². The third-order valence-corrected chi connectivity index (χ3v) is 6.94. The number of aliphatic hydroxyl groups excluding tert-OH is 1. The third kappa shape index (κ3) is 2.65. The van der Waals surface area contributed by atoms with Gasteiger partial charge in [-0.25, -0.2) is 4.99 Å². The van der Waals surface area contributed by atoms with Crippen molar-refractivity contribution in [2.24, 2.45) is 4.99 Å². The zero-order valence-corrected chi connectivity index (χ0v) is 17.3. The van der Waals surface area contributed by atoms with Crippen LogP contribution < -0.4 is 4.90 Å². The molecule has 2 fully saturated rings. The van der Waals surface area contributed by atoms with Crippen molar-refractivity contribution >= 4 is 11.6 Å². The Balaban J connectivity index is 1.71. The minimum absolute atomic E-state index is 0.152. The second kappa shape index (κ2) is 6.60. The molecule has 2 unspecified atom stereocenters. The van der Waals surface area contributed by atoms with Gasteiger partial charge in [-0.3, -0.25) is 0 Å². The second-order valence-corrected chi connectivity index (χ2v) is 9.36. The number of rotatable bonds is 4. The lowest BCUT2D eigenvalue weighted by Crippen LogP contribution is -2.42. The molecule has 2 aliphatic heterocycles. The van der Waals surface area contributed by atoms with E-state index in [2.05, 4.69) is 43.0 Å². The second-order valence-electron chi connectivity index (χ2n) is 9.36. The highest BCUT2D eigenvalue weighted by atomic mass is 16.5. The van der Waals surface area contributed by atoms with E-state index in [4.69, 9.17) is 9.73 Å². The Morgan fingerprint density at radius 2 is 1.55 bits per heavy atom. The van der Waals surface area contributed by atoms with Crippen LogP contribution in [0.4, 0.5) is 5.69 Å². The fourth-order valence-electron chi connectivity index (χ4n) is 5.69. The van der Waals surface area contributed by atoms with Crippen LogP contribution in [0.2, 0.25) is 0 Å². The Kier molecular flexibility index (Phi) is 4.25. The van der Waals surface area contributed by atoms with Crippen LogP contribution in [0.15, 0.2) is 65.7 Å². The van der Waals surface area contributed by atoms with E-state index >= 15 is 0 Å². The molecule has 4 nitrogen and oxygen atoms in total. The van der Waals surface area contributed by atoms with Crippen molar-refractivity contribution in [3.05, 3.63) is 66.2 Å². The maximum absolute atomic E-state index is 11.9. The Labute approximate surface area is 173 Å². The molecular weight excluding hydrogens is 360 g/mol. The van der Waals surface area contributed by atoms with Gasteiger partial charge in [-0.2, -0.15) is 0 Å². The summed E-state index contributed by atoms with van der Waals surface area (Å²) in [4.78, 5) is 7.45. The maximum atomic E-state index is 11.9. The zero-order valence-electron chi connectivity index (χ0n) is 17.3. The minimum Gasteiger partial charge on any atom is -0.477 e. The number of hydrogen-bond acceptors (Lipinski definition) is 4. The van der Waals surface area contributed by atoms with E-state index in [0.717, 1.165) is 24.1 Å². The number of hydrogen-bond donors (Lipinski definition) is 1. The summed E-state index contributed by atoms with van der Waals surface area (Å²) in [5, 5.41) is 11.9. The first-order chi connectivity index (χ1) is 14.0. The molecule has 2 aromatic rings. The van der Waals surface area contributed by atoms with Gasteiger partial charge in [0.25, 0.3) is 0 Å². The van der Waals surface area contributed by atoms with Crippen molar-refractivity contribution in [2.75, 3.05) is 11.5 Å². The highest BCUT2D eigenvalue weighted by molar-refractivity contribution is 6.02. The van der Waals surface area contributed by atoms with Crippen LogP contribution in [0.1, 0.15) is 57.6 Å². The van der Waals surface area contributed by atoms with E-state index in [1.165, 1.54) is 19.3 Å². The number of nitrogens with zero attached hydrogens (tertiary/aromatic N) is 2. The Morgan fingerprint density at radius 3 is 2.14 bits per heavy atom. The van der Waals surface area contributed by atoms with Gasteiger partial charge in [-0.1, -0.05) is 67.8 Å². The van der Waals surface area contributed by atoms with E-state index in [9.17, 15) is 5.11 Å². The van der Waals surface area contributed by atoms with E-state index in [1.54, 1.807) is 0 Å². The smallest absolute Gasteiger partial charge is 0.216 e. The molecule has 0 aromatic heterocycles. The van der Waals surface area contributed by atoms with E-state index in [-0.39, 0.29) is 11.1 Å². The number of para-hydroxylation sites is 1. The number of anilines is 1. The SMILES string of the molecule is CC1(C)COC(C2(C(O)c3ccccc3)N(c3ccccc3)C23CCCCC3)=N1. The number of aliphatic imine (C=N–C) groups is 1. The molecule has 5 rings (SSSR count). The molecule has 2 heterocycles. The molecule has 1 saturated carbocycles. The molecule has 0 bridgehead atoms. The molecule has 1 aliphatic carbocycles. The molecule has 29 heavy (non-hydrogen) atoms. The Bertz CT molecular complexity index is 903. The van der Waals surface area contributed by atoms with Crippen molar-refractivity contribution < 1.29 is 9.84 Å². The van der Waals surface area contributed by atoms with Gasteiger partial charge in [0.2, 0.25) is 5.90 Å². The van der Waals surface area contributed by atoms with Crippen LogP contribution >= 0.6 is 0 Å². The van der Waals surface area contributed by atoms with Crippen LogP contribution in [-0.2, 0) is 4.74 Å². The fourth-order valence-corrected chi connectivity index (χ4v) is 5.69. The molecule has 1 saturated heterocycles. The molecule has 1 spiro atoms. The molecule has 2 atom stereocenters. The van der Waals surface area contributed by atoms with Crippen LogP contribution in [0, 0.1) is 0 Å². The minimum atomic E-state index is -0.699. The van der Waals surface area contributed by atoms with Crippen molar-refractivity contribution in [3.8, 4) is 0 Å². The van der Waals surface area contributed by atoms with E-state index < -0.39 is 11.6 Å². The monoisotopic (exact) mass is 390 g/mol. The zero-order chi connectivity index (χ0) is 20.1. The first kappa shape index (κ1) is 18.7. The summed E-state index contributed by atoms with van der Waals surface area (Å²) in [6.07, 6.45) is 4.99. The highest BCUT2D eigenvalue weighted by Crippen LogP contribution is 2.67. The molecule has 4 heteroatoms. The lowest BCUT2D eigenvalue weighted by Gasteiger charge is -2.28. The summed E-state index contributed by atoms with van der Waals surface area (Å²) in [5.41, 5.74) is 0.997. The Morgan fingerprint density at radius 1 is 0.931 bits per heavy atom. The van der Waals surface area contributed by atoms with Crippen molar-refractivity contribution in [1.82, 2.24) is 0 Å². The summed E-state index contributed by atoms with van der Waals surface area (Å²) in [5.74, 6) is 0.713. The van der Waals surface area contributed by atoms with Crippen LogP contribution in [0.5, 0.6) is 0 Å². The summed E-state index contributed by atoms with van der Waals surface area (Å²) in [7, 11) is 0. The maximum Gasteiger partial charge on any atom is 0.216 e. The summed E-state index contributed by atoms with van der Waals surface area (Å²) in [6.45, 7) is 4.76. The fraction of sp³-hybridized carbons (Fsp3) is 0.480. The molecular formula is C25H30N2O2. The quantitative estimate of drug-likeness (QED) is 0.756. The van der Waals surface area contributed by atoms with Gasteiger partial charge < -0.3 is 14.7 Å². The lowest BCUT2D eigenvalue weighted by atomic mass is 9.75. The van der Waals surface area contributed by atoms with Gasteiger partial charge in [-0.05, 0) is 44.4 Å². The summed E-state index contributed by atoms with van der Waals surface area (Å²) < 4.78 is 6.27. The predicted octanol–water partition coefficient (Wildman–Crippen LogP) is 4.89. The van der Waals surface area contributed by atoms with E-state index in [0.29, 0.717) is 12.5 Å². The van der Waals surface area contributed by atoms with E-state index in [1.807, 2.05) is 36.4 Å². The lowest BCUT2D eigenvalue weighted by molar-refractivity contribution is 0.130. The normalized spacial score (nSPS) is 28.0. The molecule has 2 aromatic carbocycles. The molecule has 3 aliphatic rings. The number of aliphatic hydroxyl groups is 1. The predicted molar refractivity (Wildman–Crippen MR) is 116 cm³/mol. The molecule has 152 valence electrons. The van der Waals surface area contributed by atoms with Crippen LogP contribution in [0.3, 0.4) is 0 Å². The standard InChI is InChI=1S/C25H30N2O2/c1-23(2)18-29-22(26-23)25(21(28)19-12-6-3-7-13-19)24(16-10-5-11-17-24)27(25)20-14-8-4-9-15-20/h3-4,6-9,12-15,21,28H,5,10-11,16-18H2,1-2H3. The van der Waals surface area contributed by atoms with Gasteiger partial charge in [0, 0.05) is 5.69 Å². The van der Waals surface area contributed by atoms with Crippen molar-refractivity contribution in [2.45, 2.75) is 68.7 Å². The van der Waals surface area contributed by atoms with Crippen molar-refractivity contribution in [1.29, 1.82) is 0 Å². The number of benzene rings is 2. The highest BCUT2D eigenvalue weighted by Gasteiger charge is 2.81. The topological polar surface area (TPSA) is 44.8 Å². The average Bonchev–Trinajstić information content (AvgIpc) is 3.13. The molecule has 0 amide bonds. The average molecular weight is 391 g/mol. The largest absolute Gasteiger partial charge is 0.477 e. The van der Waals surface area contributed by atoms with Gasteiger partial charge >= 0.3 is 0 Å². The first-order valence-corrected chi connectivity index (χ1v) is 10.8.